The highest BCUT2D eigenvalue weighted by molar-refractivity contribution is 7.92. The number of nitrogens with one attached hydrogen (secondary N) is 2. The monoisotopic (exact) mass is 443 g/mol. The first-order valence-corrected chi connectivity index (χ1v) is 12.4. The minimum absolute atomic E-state index is 0.204. The molecule has 1 heterocycles. The van der Waals surface area contributed by atoms with E-state index in [9.17, 15) is 13.2 Å². The molecule has 2 aromatic carbocycles. The van der Waals surface area contributed by atoms with E-state index in [1.54, 1.807) is 43.3 Å². The minimum atomic E-state index is -3.74. The van der Waals surface area contributed by atoms with Gasteiger partial charge in [0.2, 0.25) is 0 Å². The third-order valence-electron chi connectivity index (χ3n) is 6.01. The Hall–Kier alpha value is -2.38. The summed E-state index contributed by atoms with van der Waals surface area (Å²) < 4.78 is 28.3. The van der Waals surface area contributed by atoms with Crippen LogP contribution in [0.1, 0.15) is 48.2 Å². The molecule has 3 rings (SSSR count). The van der Waals surface area contributed by atoms with Crippen molar-refractivity contribution in [2.75, 3.05) is 24.4 Å². The summed E-state index contributed by atoms with van der Waals surface area (Å²) in [6.45, 7) is 10.7. The Bertz CT molecular complexity index is 1030. The van der Waals surface area contributed by atoms with Gasteiger partial charge in [0.1, 0.15) is 0 Å². The number of likely N-dealkylation sites (tertiary alicyclic amines) is 1. The van der Waals surface area contributed by atoms with E-state index >= 15 is 0 Å². The van der Waals surface area contributed by atoms with Crippen molar-refractivity contribution in [2.45, 2.75) is 51.5 Å². The fourth-order valence-corrected chi connectivity index (χ4v) is 5.25. The van der Waals surface area contributed by atoms with Crippen LogP contribution in [0.2, 0.25) is 0 Å². The topological polar surface area (TPSA) is 78.5 Å². The molecule has 1 aliphatic rings. The van der Waals surface area contributed by atoms with E-state index in [-0.39, 0.29) is 16.8 Å². The first-order chi connectivity index (χ1) is 14.7. The van der Waals surface area contributed by atoms with E-state index in [1.165, 1.54) is 12.8 Å². The molecule has 1 saturated heterocycles. The zero-order chi connectivity index (χ0) is 22.6. The first kappa shape index (κ1) is 23.3. The number of hydrogen-bond acceptors (Lipinski definition) is 4. The molecule has 1 atom stereocenters. The van der Waals surface area contributed by atoms with Crippen molar-refractivity contribution in [1.29, 1.82) is 0 Å². The van der Waals surface area contributed by atoms with Crippen molar-refractivity contribution in [1.82, 2.24) is 10.2 Å². The van der Waals surface area contributed by atoms with Crippen LogP contribution < -0.4 is 10.0 Å². The van der Waals surface area contributed by atoms with Crippen LogP contribution in [-0.2, 0) is 10.0 Å². The molecule has 168 valence electrons. The number of benzene rings is 2. The van der Waals surface area contributed by atoms with Crippen molar-refractivity contribution in [3.63, 3.8) is 0 Å². The van der Waals surface area contributed by atoms with Gasteiger partial charge in [-0.1, -0.05) is 25.1 Å². The number of carbonyl (C=O) groups is 1. The highest BCUT2D eigenvalue weighted by Gasteiger charge is 2.21. The van der Waals surface area contributed by atoms with Crippen molar-refractivity contribution >= 4 is 21.6 Å². The number of rotatable bonds is 7. The number of hydrogen-bond donors (Lipinski definition) is 2. The van der Waals surface area contributed by atoms with Crippen molar-refractivity contribution in [2.24, 2.45) is 5.92 Å². The van der Waals surface area contributed by atoms with Crippen LogP contribution in [-0.4, -0.2) is 44.9 Å². The summed E-state index contributed by atoms with van der Waals surface area (Å²) >= 11 is 0. The van der Waals surface area contributed by atoms with Gasteiger partial charge in [-0.25, -0.2) is 8.42 Å². The highest BCUT2D eigenvalue weighted by Crippen LogP contribution is 2.21. The molecule has 6 nitrogen and oxygen atoms in total. The molecular formula is C24H33N3O3S. The lowest BCUT2D eigenvalue weighted by Gasteiger charge is -2.35. The zero-order valence-corrected chi connectivity index (χ0v) is 19.6. The lowest BCUT2D eigenvalue weighted by Crippen LogP contribution is -2.45. The van der Waals surface area contributed by atoms with Crippen molar-refractivity contribution in [3.05, 3.63) is 59.2 Å². The van der Waals surface area contributed by atoms with Gasteiger partial charge in [-0.2, -0.15) is 0 Å². The number of piperidine rings is 1. The minimum Gasteiger partial charge on any atom is -0.350 e. The number of aryl methyl sites for hydroxylation is 2. The maximum absolute atomic E-state index is 12.9. The number of nitrogens with zero attached hydrogens (tertiary/aromatic N) is 1. The summed E-state index contributed by atoms with van der Waals surface area (Å²) in [6.07, 6.45) is 2.39. The molecule has 31 heavy (non-hydrogen) atoms. The largest absolute Gasteiger partial charge is 0.350 e. The van der Waals surface area contributed by atoms with Gasteiger partial charge < -0.3 is 5.32 Å². The quantitative estimate of drug-likeness (QED) is 0.679. The van der Waals surface area contributed by atoms with Gasteiger partial charge in [0.15, 0.2) is 0 Å². The number of amides is 1. The van der Waals surface area contributed by atoms with E-state index in [2.05, 4.69) is 28.8 Å². The third kappa shape index (κ3) is 6.08. The second-order valence-corrected chi connectivity index (χ2v) is 10.4. The number of sulfonamides is 1. The fraction of sp³-hybridized carbons (Fsp3) is 0.458. The first-order valence-electron chi connectivity index (χ1n) is 10.9. The molecule has 0 aliphatic carbocycles. The second-order valence-electron chi connectivity index (χ2n) is 8.73. The van der Waals surface area contributed by atoms with Crippen LogP contribution >= 0.6 is 0 Å². The summed E-state index contributed by atoms with van der Waals surface area (Å²) in [7, 11) is -3.74. The summed E-state index contributed by atoms with van der Waals surface area (Å²) in [5, 5.41) is 2.99. The predicted molar refractivity (Wildman–Crippen MR) is 125 cm³/mol. The molecule has 0 spiro atoms. The van der Waals surface area contributed by atoms with Gasteiger partial charge in [0.05, 0.1) is 4.90 Å². The van der Waals surface area contributed by atoms with Gasteiger partial charge in [0, 0.05) is 23.8 Å². The Kier molecular flexibility index (Phi) is 7.38. The van der Waals surface area contributed by atoms with Crippen LogP contribution in [0.4, 0.5) is 5.69 Å². The maximum Gasteiger partial charge on any atom is 0.262 e. The van der Waals surface area contributed by atoms with E-state index in [1.807, 2.05) is 13.0 Å². The summed E-state index contributed by atoms with van der Waals surface area (Å²) in [6, 6.07) is 12.2. The molecule has 2 aromatic rings. The Labute approximate surface area is 186 Å². The SMILES string of the molecule is Cc1ccc(C)c(S(=O)(=O)Nc2cccc(C(=O)NCC(C)N3CCC(C)CC3)c2)c1. The number of anilines is 1. The molecular weight excluding hydrogens is 410 g/mol. The van der Waals surface area contributed by atoms with Crippen LogP contribution in [0.15, 0.2) is 47.4 Å². The smallest absolute Gasteiger partial charge is 0.262 e. The Balaban J connectivity index is 1.64. The van der Waals surface area contributed by atoms with E-state index in [0.29, 0.717) is 23.4 Å². The lowest BCUT2D eigenvalue weighted by atomic mass is 9.98. The normalized spacial score (nSPS) is 16.6. The summed E-state index contributed by atoms with van der Waals surface area (Å²) in [5.41, 5.74) is 2.34. The molecule has 7 heteroatoms. The van der Waals surface area contributed by atoms with Gasteiger partial charge in [-0.3, -0.25) is 14.4 Å². The fourth-order valence-electron chi connectivity index (χ4n) is 3.87. The molecule has 0 radical (unpaired) electrons. The Morgan fingerprint density at radius 1 is 1.13 bits per heavy atom. The standard InChI is InChI=1S/C24H33N3O3S/c1-17-10-12-27(13-11-17)20(4)16-25-24(28)21-6-5-7-22(15-21)26-31(29,30)23-14-18(2)8-9-19(23)3/h5-9,14-15,17,20,26H,10-13,16H2,1-4H3,(H,25,28). The predicted octanol–water partition coefficient (Wildman–Crippen LogP) is 3.95. The maximum atomic E-state index is 12.9. The molecule has 0 aromatic heterocycles. The van der Waals surface area contributed by atoms with Gasteiger partial charge >= 0.3 is 0 Å². The van der Waals surface area contributed by atoms with E-state index in [0.717, 1.165) is 24.6 Å². The Morgan fingerprint density at radius 3 is 2.55 bits per heavy atom. The van der Waals surface area contributed by atoms with Crippen LogP contribution in [0.25, 0.3) is 0 Å². The van der Waals surface area contributed by atoms with Crippen LogP contribution in [0, 0.1) is 19.8 Å². The molecule has 1 aliphatic heterocycles. The highest BCUT2D eigenvalue weighted by atomic mass is 32.2. The van der Waals surface area contributed by atoms with Gasteiger partial charge in [-0.05, 0) is 88.0 Å². The van der Waals surface area contributed by atoms with Crippen molar-refractivity contribution < 1.29 is 13.2 Å². The molecule has 1 unspecified atom stereocenters. The third-order valence-corrected chi connectivity index (χ3v) is 7.53. The second kappa shape index (κ2) is 9.83. The summed E-state index contributed by atoms with van der Waals surface area (Å²) in [4.78, 5) is 15.3. The van der Waals surface area contributed by atoms with E-state index in [4.69, 9.17) is 0 Å². The molecule has 1 amide bonds. The summed E-state index contributed by atoms with van der Waals surface area (Å²) in [5.74, 6) is 0.568. The van der Waals surface area contributed by atoms with E-state index < -0.39 is 10.0 Å². The van der Waals surface area contributed by atoms with Crippen LogP contribution in [0.3, 0.4) is 0 Å². The lowest BCUT2D eigenvalue weighted by molar-refractivity contribution is 0.0921. The Morgan fingerprint density at radius 2 is 1.84 bits per heavy atom. The molecule has 2 N–H and O–H groups in total. The molecule has 0 saturated carbocycles. The molecule has 0 bridgehead atoms. The average Bonchev–Trinajstić information content (AvgIpc) is 2.73. The van der Waals surface area contributed by atoms with Crippen molar-refractivity contribution in [3.8, 4) is 0 Å². The zero-order valence-electron chi connectivity index (χ0n) is 18.8. The van der Waals surface area contributed by atoms with Gasteiger partial charge in [-0.15, -0.1) is 0 Å². The molecule has 1 fully saturated rings. The van der Waals surface area contributed by atoms with Gasteiger partial charge in [0.25, 0.3) is 15.9 Å². The number of carbonyl (C=O) groups excluding carboxylic acids is 1. The average molecular weight is 444 g/mol. The van der Waals surface area contributed by atoms with Crippen LogP contribution in [0.5, 0.6) is 0 Å².